The fourth-order valence-corrected chi connectivity index (χ4v) is 4.26. The van der Waals surface area contributed by atoms with Crippen molar-refractivity contribution in [1.29, 1.82) is 0 Å². The molecule has 1 aromatic carbocycles. The number of benzene rings is 1. The van der Waals surface area contributed by atoms with Gasteiger partial charge in [-0.15, -0.1) is 0 Å². The first-order valence-electron chi connectivity index (χ1n) is 9.98. The number of nitrogens with one attached hydrogen (secondary N) is 2. The van der Waals surface area contributed by atoms with E-state index in [2.05, 4.69) is 14.7 Å². The zero-order valence-electron chi connectivity index (χ0n) is 17.4. The van der Waals surface area contributed by atoms with Crippen LogP contribution in [-0.4, -0.2) is 62.5 Å². The second-order valence-corrected chi connectivity index (χ2v) is 9.29. The van der Waals surface area contributed by atoms with Crippen molar-refractivity contribution in [3.8, 4) is 11.1 Å². The van der Waals surface area contributed by atoms with Crippen LogP contribution < -0.4 is 9.62 Å². The molecule has 1 aliphatic carbocycles. The van der Waals surface area contributed by atoms with Gasteiger partial charge >= 0.3 is 10.2 Å². The van der Waals surface area contributed by atoms with Crippen molar-refractivity contribution in [1.82, 2.24) is 14.3 Å². The largest absolute Gasteiger partial charge is 0.383 e. The summed E-state index contributed by atoms with van der Waals surface area (Å²) >= 11 is 0. The fourth-order valence-electron chi connectivity index (χ4n) is 3.36. The Morgan fingerprint density at radius 1 is 1.26 bits per heavy atom. The lowest BCUT2D eigenvalue weighted by molar-refractivity contribution is -0.107. The van der Waals surface area contributed by atoms with E-state index in [1.54, 1.807) is 17.0 Å². The standard InChI is InChI=1S/C21H25N5O4S/c1-25(11-12-30-2)31(28,29)24-16-5-3-15(4-6-16)19-13-20(26(14-27)17-7-8-17)23-21-18(19)9-10-22-21/h3-6,9-10,13-14,17,24H,7-8,11-12H2,1-2H3,(H,22,23). The third-order valence-electron chi connectivity index (χ3n) is 5.30. The van der Waals surface area contributed by atoms with E-state index in [4.69, 9.17) is 4.74 Å². The van der Waals surface area contributed by atoms with Crippen molar-refractivity contribution in [2.45, 2.75) is 18.9 Å². The second kappa shape index (κ2) is 8.66. The van der Waals surface area contributed by atoms with E-state index >= 15 is 0 Å². The number of pyridine rings is 1. The van der Waals surface area contributed by atoms with E-state index in [0.717, 1.165) is 35.8 Å². The molecule has 2 aromatic heterocycles. The second-order valence-electron chi connectivity index (χ2n) is 7.51. The zero-order valence-corrected chi connectivity index (χ0v) is 18.2. The first-order chi connectivity index (χ1) is 14.9. The quantitative estimate of drug-likeness (QED) is 0.468. The first kappa shape index (κ1) is 21.3. The molecule has 1 aliphatic rings. The zero-order chi connectivity index (χ0) is 22.0. The monoisotopic (exact) mass is 443 g/mol. The molecular weight excluding hydrogens is 418 g/mol. The molecule has 0 unspecified atom stereocenters. The lowest BCUT2D eigenvalue weighted by atomic mass is 10.0. The number of aromatic nitrogens is 2. The molecule has 1 fully saturated rings. The lowest BCUT2D eigenvalue weighted by Gasteiger charge is -2.18. The van der Waals surface area contributed by atoms with E-state index in [9.17, 15) is 13.2 Å². The van der Waals surface area contributed by atoms with Crippen molar-refractivity contribution in [2.24, 2.45) is 0 Å². The minimum Gasteiger partial charge on any atom is -0.383 e. The molecule has 2 heterocycles. The number of hydrogen-bond donors (Lipinski definition) is 2. The highest BCUT2D eigenvalue weighted by atomic mass is 32.2. The van der Waals surface area contributed by atoms with Gasteiger partial charge in [0.25, 0.3) is 0 Å². The summed E-state index contributed by atoms with van der Waals surface area (Å²) in [6, 6.07) is 11.2. The van der Waals surface area contributed by atoms with Crippen LogP contribution in [0, 0.1) is 0 Å². The number of carbonyl (C=O) groups excluding carboxylic acids is 1. The van der Waals surface area contributed by atoms with Crippen LogP contribution in [0.3, 0.4) is 0 Å². The number of rotatable bonds is 10. The number of anilines is 2. The van der Waals surface area contributed by atoms with Crippen molar-refractivity contribution >= 4 is 39.2 Å². The molecule has 2 N–H and O–H groups in total. The number of hydrogen-bond acceptors (Lipinski definition) is 5. The van der Waals surface area contributed by atoms with Crippen molar-refractivity contribution in [3.05, 3.63) is 42.6 Å². The van der Waals surface area contributed by atoms with Crippen LogP contribution >= 0.6 is 0 Å². The Balaban J connectivity index is 1.62. The smallest absolute Gasteiger partial charge is 0.301 e. The molecule has 1 amide bonds. The van der Waals surface area contributed by atoms with Crippen LogP contribution in [0.2, 0.25) is 0 Å². The third kappa shape index (κ3) is 4.55. The average Bonchev–Trinajstić information content (AvgIpc) is 3.48. The maximum atomic E-state index is 12.4. The van der Waals surface area contributed by atoms with Gasteiger partial charge in [0.15, 0.2) is 0 Å². The number of fused-ring (bicyclic) bond motifs is 1. The topological polar surface area (TPSA) is 108 Å². The van der Waals surface area contributed by atoms with Crippen LogP contribution in [0.1, 0.15) is 12.8 Å². The summed E-state index contributed by atoms with van der Waals surface area (Å²) in [7, 11) is -0.649. The number of nitrogens with zero attached hydrogens (tertiary/aromatic N) is 3. The molecule has 1 saturated carbocycles. The van der Waals surface area contributed by atoms with Gasteiger partial charge in [-0.25, -0.2) is 4.98 Å². The number of methoxy groups -OCH3 is 1. The van der Waals surface area contributed by atoms with Crippen molar-refractivity contribution in [2.75, 3.05) is 36.9 Å². The normalized spacial score (nSPS) is 14.2. The molecule has 0 radical (unpaired) electrons. The summed E-state index contributed by atoms with van der Waals surface area (Å²) in [4.78, 5) is 21.0. The van der Waals surface area contributed by atoms with Gasteiger partial charge in [-0.2, -0.15) is 12.7 Å². The van der Waals surface area contributed by atoms with Crippen molar-refractivity contribution in [3.63, 3.8) is 0 Å². The molecule has 0 saturated heterocycles. The number of H-pyrrole nitrogens is 1. The van der Waals surface area contributed by atoms with Gasteiger partial charge in [-0.3, -0.25) is 14.4 Å². The van der Waals surface area contributed by atoms with Gasteiger partial charge in [-0.05, 0) is 48.2 Å². The Bertz CT molecular complexity index is 1170. The summed E-state index contributed by atoms with van der Waals surface area (Å²) in [5.74, 6) is 0.604. The number of ether oxygens (including phenoxy) is 1. The van der Waals surface area contributed by atoms with Gasteiger partial charge in [0.2, 0.25) is 6.41 Å². The van der Waals surface area contributed by atoms with Crippen LogP contribution in [0.25, 0.3) is 22.2 Å². The first-order valence-corrected chi connectivity index (χ1v) is 11.4. The molecule has 0 aliphatic heterocycles. The summed E-state index contributed by atoms with van der Waals surface area (Å²) in [5.41, 5.74) is 2.97. The minimum atomic E-state index is -3.67. The van der Waals surface area contributed by atoms with Gasteiger partial charge in [-0.1, -0.05) is 12.1 Å². The van der Waals surface area contributed by atoms with E-state index in [-0.39, 0.29) is 12.6 Å². The molecule has 31 heavy (non-hydrogen) atoms. The number of likely N-dealkylation sites (N-methyl/N-ethyl adjacent to an activating group) is 1. The molecule has 0 bridgehead atoms. The molecule has 0 spiro atoms. The highest BCUT2D eigenvalue weighted by Crippen LogP contribution is 2.35. The maximum Gasteiger partial charge on any atom is 0.301 e. The number of aromatic amines is 1. The third-order valence-corrected chi connectivity index (χ3v) is 6.79. The summed E-state index contributed by atoms with van der Waals surface area (Å²) < 4.78 is 33.6. The summed E-state index contributed by atoms with van der Waals surface area (Å²) in [6.45, 7) is 0.565. The number of amides is 1. The predicted molar refractivity (Wildman–Crippen MR) is 120 cm³/mol. The van der Waals surface area contributed by atoms with Gasteiger partial charge in [0, 0.05) is 44.0 Å². The number of carbonyl (C=O) groups is 1. The highest BCUT2D eigenvalue weighted by molar-refractivity contribution is 7.90. The Hall–Kier alpha value is -2.95. The minimum absolute atomic E-state index is 0.206. The van der Waals surface area contributed by atoms with Crippen LogP contribution in [-0.2, 0) is 19.7 Å². The van der Waals surface area contributed by atoms with E-state index in [0.29, 0.717) is 23.8 Å². The Kier molecular flexibility index (Phi) is 5.94. The van der Waals surface area contributed by atoms with E-state index in [1.165, 1.54) is 18.5 Å². The Labute approximate surface area is 181 Å². The molecule has 9 nitrogen and oxygen atoms in total. The average molecular weight is 444 g/mol. The van der Waals surface area contributed by atoms with Crippen LogP contribution in [0.4, 0.5) is 11.5 Å². The molecule has 10 heteroatoms. The van der Waals surface area contributed by atoms with Gasteiger partial charge in [0.05, 0.1) is 6.61 Å². The molecule has 164 valence electrons. The summed E-state index contributed by atoms with van der Waals surface area (Å²) in [6.07, 6.45) is 4.60. The molecule has 3 aromatic rings. The fraction of sp³-hybridized carbons (Fsp3) is 0.333. The molecular formula is C21H25N5O4S. The summed E-state index contributed by atoms with van der Waals surface area (Å²) in [5, 5.41) is 0.929. The SMILES string of the molecule is COCCN(C)S(=O)(=O)Nc1ccc(-c2cc(N(C=O)C3CC3)nc3[nH]ccc23)cc1. The maximum absolute atomic E-state index is 12.4. The van der Waals surface area contributed by atoms with Crippen LogP contribution in [0.5, 0.6) is 0 Å². The predicted octanol–water partition coefficient (Wildman–Crippen LogP) is 2.59. The van der Waals surface area contributed by atoms with Crippen molar-refractivity contribution < 1.29 is 17.9 Å². The van der Waals surface area contributed by atoms with E-state index < -0.39 is 10.2 Å². The molecule has 4 rings (SSSR count). The van der Waals surface area contributed by atoms with E-state index in [1.807, 2.05) is 30.5 Å². The van der Waals surface area contributed by atoms with Gasteiger partial charge < -0.3 is 9.72 Å². The van der Waals surface area contributed by atoms with Gasteiger partial charge in [0.1, 0.15) is 11.5 Å². The Morgan fingerprint density at radius 3 is 2.65 bits per heavy atom. The highest BCUT2D eigenvalue weighted by Gasteiger charge is 2.30. The Morgan fingerprint density at radius 2 is 2.00 bits per heavy atom. The lowest BCUT2D eigenvalue weighted by Crippen LogP contribution is -2.34. The molecule has 0 atom stereocenters. The van der Waals surface area contributed by atoms with Crippen LogP contribution in [0.15, 0.2) is 42.6 Å².